The molecular formula is C28H34N2O6. The lowest BCUT2D eigenvalue weighted by Crippen LogP contribution is -2.14. The van der Waals surface area contributed by atoms with E-state index < -0.39 is 11.9 Å². The van der Waals surface area contributed by atoms with Gasteiger partial charge in [0.1, 0.15) is 18.2 Å². The van der Waals surface area contributed by atoms with Crippen molar-refractivity contribution in [3.05, 3.63) is 59.2 Å². The minimum Gasteiger partial charge on any atom is -0.493 e. The number of nitriles is 1. The maximum absolute atomic E-state index is 12.7. The molecule has 0 saturated carbocycles. The van der Waals surface area contributed by atoms with Crippen LogP contribution in [0.25, 0.3) is 6.08 Å². The molecular weight excluding hydrogens is 460 g/mol. The molecule has 0 saturated heterocycles. The normalized spacial score (nSPS) is 10.9. The van der Waals surface area contributed by atoms with Crippen molar-refractivity contribution in [2.45, 2.75) is 39.5 Å². The number of carbonyl (C=O) groups excluding carboxylic acids is 2. The van der Waals surface area contributed by atoms with E-state index in [0.717, 1.165) is 19.3 Å². The van der Waals surface area contributed by atoms with Crippen LogP contribution in [-0.4, -0.2) is 45.4 Å². The van der Waals surface area contributed by atoms with Gasteiger partial charge in [0.25, 0.3) is 5.91 Å². The van der Waals surface area contributed by atoms with Gasteiger partial charge < -0.3 is 24.3 Å². The number of hydrogen-bond donors (Lipinski definition) is 1. The smallest absolute Gasteiger partial charge is 0.338 e. The highest BCUT2D eigenvalue weighted by molar-refractivity contribution is 6.09. The summed E-state index contributed by atoms with van der Waals surface area (Å²) in [5.41, 5.74) is 1.34. The number of ether oxygens (including phenoxy) is 4. The average Bonchev–Trinajstić information content (AvgIpc) is 2.90. The highest BCUT2D eigenvalue weighted by Crippen LogP contribution is 2.29. The fraction of sp³-hybridized carbons (Fsp3) is 0.393. The van der Waals surface area contributed by atoms with Crippen LogP contribution >= 0.6 is 0 Å². The highest BCUT2D eigenvalue weighted by atomic mass is 16.6. The molecule has 0 radical (unpaired) electrons. The number of methoxy groups -OCH3 is 1. The number of benzene rings is 2. The monoisotopic (exact) mass is 494 g/mol. The number of hydrogen-bond acceptors (Lipinski definition) is 7. The van der Waals surface area contributed by atoms with Gasteiger partial charge in [-0.15, -0.1) is 0 Å². The van der Waals surface area contributed by atoms with Crippen LogP contribution in [-0.2, 0) is 14.3 Å². The van der Waals surface area contributed by atoms with Crippen molar-refractivity contribution in [1.82, 2.24) is 0 Å². The molecule has 0 fully saturated rings. The van der Waals surface area contributed by atoms with E-state index in [2.05, 4.69) is 12.2 Å². The second kappa shape index (κ2) is 16.0. The quantitative estimate of drug-likeness (QED) is 0.153. The molecule has 0 atom stereocenters. The minimum atomic E-state index is -0.570. The number of amides is 1. The summed E-state index contributed by atoms with van der Waals surface area (Å²) in [5, 5.41) is 12.2. The van der Waals surface area contributed by atoms with Crippen LogP contribution in [0.3, 0.4) is 0 Å². The van der Waals surface area contributed by atoms with Gasteiger partial charge in [0.2, 0.25) is 0 Å². The summed E-state index contributed by atoms with van der Waals surface area (Å²) in [6.45, 7) is 5.67. The summed E-state index contributed by atoms with van der Waals surface area (Å²) in [7, 11) is 1.54. The number of anilines is 1. The second-order valence-electron chi connectivity index (χ2n) is 7.85. The Hall–Kier alpha value is -3.83. The Balaban J connectivity index is 2.00. The molecule has 0 aliphatic rings. The predicted octanol–water partition coefficient (Wildman–Crippen LogP) is 5.39. The molecule has 2 aromatic carbocycles. The van der Waals surface area contributed by atoms with Crippen molar-refractivity contribution in [1.29, 1.82) is 5.26 Å². The molecule has 0 aliphatic carbocycles. The molecule has 0 aliphatic heterocycles. The van der Waals surface area contributed by atoms with Gasteiger partial charge in [-0.3, -0.25) is 4.79 Å². The third kappa shape index (κ3) is 9.43. The van der Waals surface area contributed by atoms with Gasteiger partial charge in [-0.2, -0.15) is 5.26 Å². The summed E-state index contributed by atoms with van der Waals surface area (Å²) in [4.78, 5) is 24.7. The molecule has 0 unspecified atom stereocenters. The van der Waals surface area contributed by atoms with Gasteiger partial charge in [-0.05, 0) is 61.4 Å². The SMILES string of the molecule is CCCCCCOc1ccc(/C=C(\C#N)C(=O)Nc2ccc(C(=O)OCCOCC)cc2)cc1OC. The van der Waals surface area contributed by atoms with E-state index in [1.165, 1.54) is 12.5 Å². The molecule has 8 heteroatoms. The van der Waals surface area contributed by atoms with Gasteiger partial charge in [0.15, 0.2) is 11.5 Å². The number of esters is 1. The lowest BCUT2D eigenvalue weighted by molar-refractivity contribution is -0.112. The van der Waals surface area contributed by atoms with Crippen LogP contribution in [0.1, 0.15) is 55.5 Å². The van der Waals surface area contributed by atoms with E-state index in [4.69, 9.17) is 18.9 Å². The molecule has 0 bridgehead atoms. The summed E-state index contributed by atoms with van der Waals surface area (Å²) >= 11 is 0. The first-order chi connectivity index (χ1) is 17.5. The van der Waals surface area contributed by atoms with Crippen LogP contribution < -0.4 is 14.8 Å². The zero-order chi connectivity index (χ0) is 26.2. The largest absolute Gasteiger partial charge is 0.493 e. The fourth-order valence-corrected chi connectivity index (χ4v) is 3.23. The summed E-state index contributed by atoms with van der Waals surface area (Å²) in [5.74, 6) is 0.0959. The lowest BCUT2D eigenvalue weighted by Gasteiger charge is -2.11. The van der Waals surface area contributed by atoms with Crippen molar-refractivity contribution in [3.8, 4) is 17.6 Å². The van der Waals surface area contributed by atoms with E-state index in [1.807, 2.05) is 13.0 Å². The molecule has 0 aromatic heterocycles. The van der Waals surface area contributed by atoms with Crippen molar-refractivity contribution in [3.63, 3.8) is 0 Å². The van der Waals surface area contributed by atoms with Gasteiger partial charge >= 0.3 is 5.97 Å². The fourth-order valence-electron chi connectivity index (χ4n) is 3.23. The predicted molar refractivity (Wildman–Crippen MR) is 138 cm³/mol. The third-order valence-corrected chi connectivity index (χ3v) is 5.16. The first-order valence-corrected chi connectivity index (χ1v) is 12.1. The Bertz CT molecular complexity index is 1060. The number of carbonyl (C=O) groups is 2. The van der Waals surface area contributed by atoms with Crippen LogP contribution in [0, 0.1) is 11.3 Å². The van der Waals surface area contributed by atoms with Crippen molar-refractivity contribution >= 4 is 23.6 Å². The Labute approximate surface area is 212 Å². The van der Waals surface area contributed by atoms with E-state index in [1.54, 1.807) is 49.6 Å². The van der Waals surface area contributed by atoms with E-state index >= 15 is 0 Å². The molecule has 36 heavy (non-hydrogen) atoms. The molecule has 0 heterocycles. The van der Waals surface area contributed by atoms with Crippen molar-refractivity contribution in [2.24, 2.45) is 0 Å². The molecule has 192 valence electrons. The Morgan fingerprint density at radius 1 is 0.972 bits per heavy atom. The van der Waals surface area contributed by atoms with E-state index in [-0.39, 0.29) is 12.2 Å². The summed E-state index contributed by atoms with van der Waals surface area (Å²) < 4.78 is 21.5. The lowest BCUT2D eigenvalue weighted by atomic mass is 10.1. The molecule has 2 rings (SSSR count). The second-order valence-corrected chi connectivity index (χ2v) is 7.85. The maximum atomic E-state index is 12.7. The Morgan fingerprint density at radius 2 is 1.75 bits per heavy atom. The molecule has 8 nitrogen and oxygen atoms in total. The van der Waals surface area contributed by atoms with E-state index in [9.17, 15) is 14.9 Å². The molecule has 1 amide bonds. The molecule has 2 aromatic rings. The number of unbranched alkanes of at least 4 members (excludes halogenated alkanes) is 3. The van der Waals surface area contributed by atoms with Crippen LogP contribution in [0.5, 0.6) is 11.5 Å². The minimum absolute atomic E-state index is 0.0790. The number of rotatable bonds is 15. The van der Waals surface area contributed by atoms with Crippen molar-refractivity contribution < 1.29 is 28.5 Å². The Kier molecular flexibility index (Phi) is 12.6. The average molecular weight is 495 g/mol. The number of nitrogens with one attached hydrogen (secondary N) is 1. The summed E-state index contributed by atoms with van der Waals surface area (Å²) in [6.07, 6.45) is 5.89. The zero-order valence-electron chi connectivity index (χ0n) is 21.2. The number of nitrogens with zero attached hydrogens (tertiary/aromatic N) is 1. The van der Waals surface area contributed by atoms with Gasteiger partial charge in [0.05, 0.1) is 25.9 Å². The topological polar surface area (TPSA) is 107 Å². The van der Waals surface area contributed by atoms with Crippen LogP contribution in [0.4, 0.5) is 5.69 Å². The van der Waals surface area contributed by atoms with E-state index in [0.29, 0.717) is 48.1 Å². The third-order valence-electron chi connectivity index (χ3n) is 5.16. The summed E-state index contributed by atoms with van der Waals surface area (Å²) in [6, 6.07) is 13.4. The van der Waals surface area contributed by atoms with Crippen LogP contribution in [0.15, 0.2) is 48.0 Å². The Morgan fingerprint density at radius 3 is 2.42 bits per heavy atom. The van der Waals surface area contributed by atoms with Crippen LogP contribution in [0.2, 0.25) is 0 Å². The standard InChI is InChI=1S/C28H34N2O6/c1-4-6-7-8-15-35-25-14-9-21(19-26(25)33-3)18-23(20-29)27(31)30-24-12-10-22(11-13-24)28(32)36-17-16-34-5-2/h9-14,18-19H,4-8,15-17H2,1-3H3,(H,30,31)/b23-18+. The van der Waals surface area contributed by atoms with Gasteiger partial charge in [0, 0.05) is 12.3 Å². The zero-order valence-corrected chi connectivity index (χ0v) is 21.2. The van der Waals surface area contributed by atoms with Gasteiger partial charge in [-0.25, -0.2) is 4.79 Å². The molecule has 1 N–H and O–H groups in total. The first kappa shape index (κ1) is 28.4. The highest BCUT2D eigenvalue weighted by Gasteiger charge is 2.13. The maximum Gasteiger partial charge on any atom is 0.338 e. The molecule has 0 spiro atoms. The van der Waals surface area contributed by atoms with Gasteiger partial charge in [-0.1, -0.05) is 32.3 Å². The van der Waals surface area contributed by atoms with Crippen molar-refractivity contribution in [2.75, 3.05) is 38.9 Å². The first-order valence-electron chi connectivity index (χ1n) is 12.1.